The van der Waals surface area contributed by atoms with Crippen molar-refractivity contribution in [3.63, 3.8) is 0 Å². The molecule has 0 bridgehead atoms. The van der Waals surface area contributed by atoms with E-state index in [1.54, 1.807) is 0 Å². The molecule has 1 heterocycles. The van der Waals surface area contributed by atoms with Gasteiger partial charge in [-0.2, -0.15) is 0 Å². The molecule has 1 aliphatic rings. The number of benzene rings is 2. The first kappa shape index (κ1) is 19.4. The topological polar surface area (TPSA) is 23.6 Å². The lowest BCUT2D eigenvalue weighted by molar-refractivity contribution is -0.117. The fourth-order valence-electron chi connectivity index (χ4n) is 3.63. The predicted molar refractivity (Wildman–Crippen MR) is 114 cm³/mol. The van der Waals surface area contributed by atoms with E-state index in [9.17, 15) is 4.79 Å². The van der Waals surface area contributed by atoms with Crippen LogP contribution in [-0.4, -0.2) is 36.9 Å². The second-order valence-corrected chi connectivity index (χ2v) is 7.21. The van der Waals surface area contributed by atoms with Gasteiger partial charge in [0.25, 0.3) is 0 Å². The predicted octanol–water partition coefficient (Wildman–Crippen LogP) is 4.78. The Bertz CT molecular complexity index is 765. The van der Waals surface area contributed by atoms with Crippen molar-refractivity contribution in [2.24, 2.45) is 0 Å². The lowest BCUT2D eigenvalue weighted by Crippen LogP contribution is -2.36. The molecule has 0 aromatic heterocycles. The molecule has 0 N–H and O–H groups in total. The average molecular weight is 363 g/mol. The Labute approximate surface area is 163 Å². The molecule has 0 aliphatic carbocycles. The van der Waals surface area contributed by atoms with Gasteiger partial charge in [0.15, 0.2) is 5.78 Å². The highest BCUT2D eigenvalue weighted by atomic mass is 16.1. The standard InChI is InChI=1S/C24H30N2O/c1-3-15-25-16-14-24(27)22(19-25)17-20-10-12-23(13-11-20)26(4-2)18-21-8-6-5-7-9-21/h5-13,17H,3-4,14-16,18-19H2,1-2H3/b22-17+. The van der Waals surface area contributed by atoms with Crippen LogP contribution in [0.5, 0.6) is 0 Å². The Morgan fingerprint density at radius 3 is 2.44 bits per heavy atom. The maximum atomic E-state index is 12.3. The van der Waals surface area contributed by atoms with Crippen LogP contribution in [0.25, 0.3) is 6.08 Å². The van der Waals surface area contributed by atoms with Gasteiger partial charge in [-0.25, -0.2) is 0 Å². The Morgan fingerprint density at radius 1 is 1.04 bits per heavy atom. The zero-order valence-electron chi connectivity index (χ0n) is 16.5. The Balaban J connectivity index is 1.71. The highest BCUT2D eigenvalue weighted by Crippen LogP contribution is 2.21. The summed E-state index contributed by atoms with van der Waals surface area (Å²) in [5, 5.41) is 0. The average Bonchev–Trinajstić information content (AvgIpc) is 2.70. The summed E-state index contributed by atoms with van der Waals surface area (Å²) in [4.78, 5) is 17.0. The number of hydrogen-bond acceptors (Lipinski definition) is 3. The first-order chi connectivity index (χ1) is 13.2. The van der Waals surface area contributed by atoms with Gasteiger partial charge in [-0.15, -0.1) is 0 Å². The van der Waals surface area contributed by atoms with E-state index in [0.717, 1.165) is 50.3 Å². The second-order valence-electron chi connectivity index (χ2n) is 7.21. The minimum absolute atomic E-state index is 0.297. The lowest BCUT2D eigenvalue weighted by atomic mass is 10.00. The lowest BCUT2D eigenvalue weighted by Gasteiger charge is -2.27. The quantitative estimate of drug-likeness (QED) is 0.662. The normalized spacial score (nSPS) is 16.7. The smallest absolute Gasteiger partial charge is 0.161 e. The van der Waals surface area contributed by atoms with E-state index in [1.807, 2.05) is 0 Å². The summed E-state index contributed by atoms with van der Waals surface area (Å²) in [6, 6.07) is 19.1. The van der Waals surface area contributed by atoms with Crippen molar-refractivity contribution < 1.29 is 4.79 Å². The van der Waals surface area contributed by atoms with Crippen molar-refractivity contribution in [1.29, 1.82) is 0 Å². The molecule has 1 fully saturated rings. The molecule has 3 heteroatoms. The van der Waals surface area contributed by atoms with Gasteiger partial charge < -0.3 is 4.90 Å². The molecule has 142 valence electrons. The SMILES string of the molecule is CCCN1CCC(=O)/C(=C/c2ccc(N(CC)Cc3ccccc3)cc2)C1. The van der Waals surface area contributed by atoms with Gasteiger partial charge in [-0.1, -0.05) is 49.4 Å². The van der Waals surface area contributed by atoms with Gasteiger partial charge in [0.2, 0.25) is 0 Å². The van der Waals surface area contributed by atoms with Gasteiger partial charge in [-0.3, -0.25) is 9.69 Å². The fraction of sp³-hybridized carbons (Fsp3) is 0.375. The van der Waals surface area contributed by atoms with Crippen LogP contribution >= 0.6 is 0 Å². The largest absolute Gasteiger partial charge is 0.367 e. The zero-order valence-corrected chi connectivity index (χ0v) is 16.5. The molecular weight excluding hydrogens is 332 g/mol. The summed E-state index contributed by atoms with van der Waals surface area (Å²) < 4.78 is 0. The number of carbonyl (C=O) groups is 1. The first-order valence-electron chi connectivity index (χ1n) is 10.0. The van der Waals surface area contributed by atoms with Crippen molar-refractivity contribution in [2.45, 2.75) is 33.2 Å². The van der Waals surface area contributed by atoms with Gasteiger partial charge in [0, 0.05) is 43.9 Å². The monoisotopic (exact) mass is 362 g/mol. The van der Waals surface area contributed by atoms with E-state index >= 15 is 0 Å². The molecule has 0 amide bonds. The fourth-order valence-corrected chi connectivity index (χ4v) is 3.63. The molecule has 2 aromatic carbocycles. The van der Waals surface area contributed by atoms with Crippen LogP contribution in [0.4, 0.5) is 5.69 Å². The Morgan fingerprint density at radius 2 is 1.78 bits per heavy atom. The molecule has 3 rings (SSSR count). The van der Waals surface area contributed by atoms with Gasteiger partial charge in [0.1, 0.15) is 0 Å². The molecule has 1 saturated heterocycles. The third-order valence-electron chi connectivity index (χ3n) is 5.14. The molecule has 1 aliphatic heterocycles. The van der Waals surface area contributed by atoms with Crippen molar-refractivity contribution in [3.8, 4) is 0 Å². The van der Waals surface area contributed by atoms with Crippen molar-refractivity contribution in [1.82, 2.24) is 4.90 Å². The number of anilines is 1. The van der Waals surface area contributed by atoms with E-state index < -0.39 is 0 Å². The summed E-state index contributed by atoms with van der Waals surface area (Å²) in [5.74, 6) is 0.297. The number of likely N-dealkylation sites (tertiary alicyclic amines) is 1. The maximum absolute atomic E-state index is 12.3. The Kier molecular flexibility index (Phi) is 6.83. The van der Waals surface area contributed by atoms with E-state index in [4.69, 9.17) is 0 Å². The van der Waals surface area contributed by atoms with Crippen LogP contribution in [0.1, 0.15) is 37.8 Å². The van der Waals surface area contributed by atoms with Crippen LogP contribution in [0.15, 0.2) is 60.2 Å². The number of piperidine rings is 1. The molecule has 0 radical (unpaired) electrons. The molecule has 0 atom stereocenters. The highest BCUT2D eigenvalue weighted by molar-refractivity contribution is 6.00. The van der Waals surface area contributed by atoms with Crippen LogP contribution in [0.3, 0.4) is 0 Å². The van der Waals surface area contributed by atoms with E-state index in [2.05, 4.69) is 84.3 Å². The summed E-state index contributed by atoms with van der Waals surface area (Å²) in [6.45, 7) is 8.98. The van der Waals surface area contributed by atoms with Crippen LogP contribution in [-0.2, 0) is 11.3 Å². The first-order valence-corrected chi connectivity index (χ1v) is 10.0. The number of nitrogens with zero attached hydrogens (tertiary/aromatic N) is 2. The van der Waals surface area contributed by atoms with Crippen LogP contribution in [0.2, 0.25) is 0 Å². The number of rotatable bonds is 7. The molecule has 0 saturated carbocycles. The van der Waals surface area contributed by atoms with Crippen molar-refractivity contribution in [2.75, 3.05) is 31.1 Å². The summed E-state index contributed by atoms with van der Waals surface area (Å²) >= 11 is 0. The third kappa shape index (κ3) is 5.30. The molecule has 0 spiro atoms. The summed E-state index contributed by atoms with van der Waals surface area (Å²) in [6.07, 6.45) is 3.84. The van der Waals surface area contributed by atoms with Crippen molar-refractivity contribution in [3.05, 3.63) is 71.3 Å². The van der Waals surface area contributed by atoms with E-state index in [-0.39, 0.29) is 0 Å². The molecule has 27 heavy (non-hydrogen) atoms. The van der Waals surface area contributed by atoms with E-state index in [0.29, 0.717) is 12.2 Å². The molecule has 2 aromatic rings. The maximum Gasteiger partial charge on any atom is 0.161 e. The number of carbonyl (C=O) groups excluding carboxylic acids is 1. The number of Topliss-reactive ketones (excluding diaryl/α,β-unsaturated/α-hetero) is 1. The number of ketones is 1. The van der Waals surface area contributed by atoms with Gasteiger partial charge in [-0.05, 0) is 49.2 Å². The summed E-state index contributed by atoms with van der Waals surface area (Å²) in [5.41, 5.74) is 4.58. The van der Waals surface area contributed by atoms with E-state index in [1.165, 1.54) is 11.3 Å². The minimum Gasteiger partial charge on any atom is -0.367 e. The van der Waals surface area contributed by atoms with Crippen molar-refractivity contribution >= 4 is 17.5 Å². The molecule has 0 unspecified atom stereocenters. The van der Waals surface area contributed by atoms with Gasteiger partial charge >= 0.3 is 0 Å². The second kappa shape index (κ2) is 9.52. The Hall–Kier alpha value is -2.39. The molecular formula is C24H30N2O. The molecule has 3 nitrogen and oxygen atoms in total. The minimum atomic E-state index is 0.297. The highest BCUT2D eigenvalue weighted by Gasteiger charge is 2.20. The zero-order chi connectivity index (χ0) is 19.1. The third-order valence-corrected chi connectivity index (χ3v) is 5.14. The number of hydrogen-bond donors (Lipinski definition) is 0. The van der Waals surface area contributed by atoms with Crippen LogP contribution in [0, 0.1) is 0 Å². The van der Waals surface area contributed by atoms with Crippen LogP contribution < -0.4 is 4.90 Å². The van der Waals surface area contributed by atoms with Gasteiger partial charge in [0.05, 0.1) is 0 Å². The summed E-state index contributed by atoms with van der Waals surface area (Å²) in [7, 11) is 0.